The first kappa shape index (κ1) is 20.0. The summed E-state index contributed by atoms with van der Waals surface area (Å²) in [5.41, 5.74) is 1.62. The molecule has 0 aromatic heterocycles. The minimum atomic E-state index is -3.85. The number of rotatable bonds is 8. The number of anilines is 1. The van der Waals surface area contributed by atoms with Crippen molar-refractivity contribution >= 4 is 15.7 Å². The quantitative estimate of drug-likeness (QED) is 0.726. The number of benzene rings is 2. The number of aliphatic hydroxyl groups is 1. The fraction of sp³-hybridized carbons (Fsp3) is 0.333. The molecule has 0 saturated heterocycles. The standard InChI is InChI=1S/C18H24N2O5S/c1-20(2)14-7-5-13(6-8-14)16(21)12-19-26(22,23)18-10-9-15(24-3)11-17(18)25-4/h5-11,16,19,21H,12H2,1-4H3. The molecule has 1 atom stereocenters. The number of methoxy groups -OCH3 is 2. The molecular formula is C18H24N2O5S. The summed E-state index contributed by atoms with van der Waals surface area (Å²) >= 11 is 0. The monoisotopic (exact) mass is 380 g/mol. The summed E-state index contributed by atoms with van der Waals surface area (Å²) < 4.78 is 37.7. The van der Waals surface area contributed by atoms with Crippen LogP contribution in [0.1, 0.15) is 11.7 Å². The summed E-state index contributed by atoms with van der Waals surface area (Å²) in [5, 5.41) is 10.3. The predicted molar refractivity (Wildman–Crippen MR) is 100 cm³/mol. The van der Waals surface area contributed by atoms with Crippen molar-refractivity contribution in [3.63, 3.8) is 0 Å². The van der Waals surface area contributed by atoms with Gasteiger partial charge in [0.25, 0.3) is 0 Å². The molecule has 7 nitrogen and oxygen atoms in total. The molecule has 26 heavy (non-hydrogen) atoms. The molecule has 0 fully saturated rings. The number of hydrogen-bond donors (Lipinski definition) is 2. The maximum atomic E-state index is 12.5. The lowest BCUT2D eigenvalue weighted by atomic mass is 10.1. The van der Waals surface area contributed by atoms with E-state index in [1.807, 2.05) is 31.1 Å². The minimum absolute atomic E-state index is 0.0176. The van der Waals surface area contributed by atoms with Crippen LogP contribution in [0.5, 0.6) is 11.5 Å². The van der Waals surface area contributed by atoms with Crippen molar-refractivity contribution in [2.75, 3.05) is 39.8 Å². The number of sulfonamides is 1. The normalized spacial score (nSPS) is 12.5. The largest absolute Gasteiger partial charge is 0.497 e. The molecule has 0 amide bonds. The third-order valence-corrected chi connectivity index (χ3v) is 5.38. The second-order valence-electron chi connectivity index (χ2n) is 5.87. The summed E-state index contributed by atoms with van der Waals surface area (Å²) in [7, 11) is 2.85. The molecule has 0 radical (unpaired) electrons. The van der Waals surface area contributed by atoms with E-state index >= 15 is 0 Å². The van der Waals surface area contributed by atoms with Gasteiger partial charge in [-0.3, -0.25) is 0 Å². The van der Waals surface area contributed by atoms with Gasteiger partial charge in [0.2, 0.25) is 10.0 Å². The van der Waals surface area contributed by atoms with Gasteiger partial charge in [0, 0.05) is 32.4 Å². The van der Waals surface area contributed by atoms with Gasteiger partial charge in [0.15, 0.2) is 0 Å². The summed E-state index contributed by atoms with van der Waals surface area (Å²) in [5.74, 6) is 0.656. The van der Waals surface area contributed by atoms with E-state index in [1.54, 1.807) is 12.1 Å². The molecule has 0 aliphatic rings. The molecule has 142 valence electrons. The Morgan fingerprint density at radius 2 is 1.73 bits per heavy atom. The molecule has 0 aliphatic heterocycles. The van der Waals surface area contributed by atoms with Gasteiger partial charge in [-0.15, -0.1) is 0 Å². The van der Waals surface area contributed by atoms with Crippen LogP contribution in [0.25, 0.3) is 0 Å². The Hall–Kier alpha value is -2.29. The zero-order valence-electron chi connectivity index (χ0n) is 15.3. The summed E-state index contributed by atoms with van der Waals surface area (Å²) in [6, 6.07) is 11.7. The number of hydrogen-bond acceptors (Lipinski definition) is 6. The van der Waals surface area contributed by atoms with E-state index < -0.39 is 16.1 Å². The highest BCUT2D eigenvalue weighted by Gasteiger charge is 2.21. The van der Waals surface area contributed by atoms with Crippen molar-refractivity contribution in [3.05, 3.63) is 48.0 Å². The number of ether oxygens (including phenoxy) is 2. The fourth-order valence-electron chi connectivity index (χ4n) is 2.38. The Morgan fingerprint density at radius 1 is 1.08 bits per heavy atom. The van der Waals surface area contributed by atoms with Crippen LogP contribution in [0.15, 0.2) is 47.4 Å². The van der Waals surface area contributed by atoms with Crippen LogP contribution in [0, 0.1) is 0 Å². The number of nitrogens with one attached hydrogen (secondary N) is 1. The van der Waals surface area contributed by atoms with Gasteiger partial charge in [-0.2, -0.15) is 0 Å². The van der Waals surface area contributed by atoms with Crippen molar-refractivity contribution in [2.24, 2.45) is 0 Å². The third kappa shape index (κ3) is 4.66. The predicted octanol–water partition coefficient (Wildman–Crippen LogP) is 1.78. The number of aliphatic hydroxyl groups excluding tert-OH is 1. The van der Waals surface area contributed by atoms with E-state index in [9.17, 15) is 13.5 Å². The maximum Gasteiger partial charge on any atom is 0.244 e. The van der Waals surface area contributed by atoms with Gasteiger partial charge in [-0.25, -0.2) is 13.1 Å². The average molecular weight is 380 g/mol. The summed E-state index contributed by atoms with van der Waals surface area (Å²) in [6.45, 7) is -0.154. The van der Waals surface area contributed by atoms with Gasteiger partial charge in [-0.1, -0.05) is 12.1 Å². The molecule has 2 aromatic rings. The Bertz CT molecular complexity index is 835. The molecule has 1 unspecified atom stereocenters. The van der Waals surface area contributed by atoms with E-state index in [-0.39, 0.29) is 17.2 Å². The average Bonchev–Trinajstić information content (AvgIpc) is 2.65. The first-order chi connectivity index (χ1) is 12.3. The minimum Gasteiger partial charge on any atom is -0.497 e. The molecule has 8 heteroatoms. The molecule has 0 spiro atoms. The maximum absolute atomic E-state index is 12.5. The SMILES string of the molecule is COc1ccc(S(=O)(=O)NCC(O)c2ccc(N(C)C)cc2)c(OC)c1. The first-order valence-electron chi connectivity index (χ1n) is 7.95. The van der Waals surface area contributed by atoms with Gasteiger partial charge >= 0.3 is 0 Å². The molecule has 2 rings (SSSR count). The van der Waals surface area contributed by atoms with Crippen molar-refractivity contribution in [3.8, 4) is 11.5 Å². The Morgan fingerprint density at radius 3 is 2.27 bits per heavy atom. The lowest BCUT2D eigenvalue weighted by Crippen LogP contribution is -2.29. The zero-order chi connectivity index (χ0) is 19.3. The molecule has 0 heterocycles. The van der Waals surface area contributed by atoms with Gasteiger partial charge < -0.3 is 19.5 Å². The van der Waals surface area contributed by atoms with Crippen LogP contribution in [0.3, 0.4) is 0 Å². The Labute approximate surface area is 154 Å². The van der Waals surface area contributed by atoms with Crippen LogP contribution in [-0.4, -0.2) is 48.4 Å². The van der Waals surface area contributed by atoms with Gasteiger partial charge in [0.05, 0.1) is 20.3 Å². The van der Waals surface area contributed by atoms with E-state index in [2.05, 4.69) is 4.72 Å². The highest BCUT2D eigenvalue weighted by molar-refractivity contribution is 7.89. The smallest absolute Gasteiger partial charge is 0.244 e. The molecule has 0 bridgehead atoms. The second kappa shape index (κ2) is 8.39. The van der Waals surface area contributed by atoms with Crippen LogP contribution >= 0.6 is 0 Å². The van der Waals surface area contributed by atoms with E-state index in [4.69, 9.17) is 9.47 Å². The van der Waals surface area contributed by atoms with Crippen LogP contribution in [0.2, 0.25) is 0 Å². The van der Waals surface area contributed by atoms with E-state index in [1.165, 1.54) is 32.4 Å². The lowest BCUT2D eigenvalue weighted by Gasteiger charge is -2.16. The van der Waals surface area contributed by atoms with Crippen LogP contribution in [-0.2, 0) is 10.0 Å². The van der Waals surface area contributed by atoms with Crippen molar-refractivity contribution in [1.29, 1.82) is 0 Å². The van der Waals surface area contributed by atoms with Gasteiger partial charge in [-0.05, 0) is 29.8 Å². The van der Waals surface area contributed by atoms with Crippen LogP contribution < -0.4 is 19.1 Å². The molecule has 2 aromatic carbocycles. The topological polar surface area (TPSA) is 88.1 Å². The molecular weight excluding hydrogens is 356 g/mol. The number of nitrogens with zero attached hydrogens (tertiary/aromatic N) is 1. The van der Waals surface area contributed by atoms with Crippen molar-refractivity contribution in [1.82, 2.24) is 4.72 Å². The fourth-order valence-corrected chi connectivity index (χ4v) is 3.56. The zero-order valence-corrected chi connectivity index (χ0v) is 16.1. The van der Waals surface area contributed by atoms with E-state index in [0.717, 1.165) is 5.69 Å². The third-order valence-electron chi connectivity index (χ3n) is 3.92. The lowest BCUT2D eigenvalue weighted by molar-refractivity contribution is 0.182. The Balaban J connectivity index is 2.12. The highest BCUT2D eigenvalue weighted by atomic mass is 32.2. The van der Waals surface area contributed by atoms with Crippen molar-refractivity contribution in [2.45, 2.75) is 11.0 Å². The molecule has 2 N–H and O–H groups in total. The Kier molecular flexibility index (Phi) is 6.47. The first-order valence-corrected chi connectivity index (χ1v) is 9.44. The van der Waals surface area contributed by atoms with E-state index in [0.29, 0.717) is 11.3 Å². The van der Waals surface area contributed by atoms with Crippen molar-refractivity contribution < 1.29 is 23.0 Å². The molecule has 0 saturated carbocycles. The summed E-state index contributed by atoms with van der Waals surface area (Å²) in [4.78, 5) is 1.92. The van der Waals surface area contributed by atoms with Crippen LogP contribution in [0.4, 0.5) is 5.69 Å². The summed E-state index contributed by atoms with van der Waals surface area (Å²) in [6.07, 6.45) is -0.967. The second-order valence-corrected chi connectivity index (χ2v) is 7.61. The van der Waals surface area contributed by atoms with Gasteiger partial charge in [0.1, 0.15) is 16.4 Å². The highest BCUT2D eigenvalue weighted by Crippen LogP contribution is 2.28. The molecule has 0 aliphatic carbocycles.